The fourth-order valence-corrected chi connectivity index (χ4v) is 3.38. The molecule has 1 saturated heterocycles. The number of sulfonamides is 1. The first-order valence-electron chi connectivity index (χ1n) is 6.68. The SMILES string of the molecule is CCOc1cc(N2CCCC2CS(=O)(=O)NC)ncn1. The standard InChI is InChI=1S/C12H20N4O3S/c1-3-19-12-7-11(14-9-15-12)16-6-4-5-10(16)8-20(17,18)13-2/h7,9-10,13H,3-6,8H2,1-2H3. The van der Waals surface area contributed by atoms with Crippen LogP contribution in [0.25, 0.3) is 0 Å². The zero-order valence-electron chi connectivity index (χ0n) is 11.7. The first-order chi connectivity index (χ1) is 9.55. The van der Waals surface area contributed by atoms with Gasteiger partial charge in [0.05, 0.1) is 12.4 Å². The predicted octanol–water partition coefficient (Wildman–Crippen LogP) is 0.393. The Morgan fingerprint density at radius 1 is 1.50 bits per heavy atom. The Labute approximate surface area is 119 Å². The van der Waals surface area contributed by atoms with Crippen molar-refractivity contribution < 1.29 is 13.2 Å². The van der Waals surface area contributed by atoms with Crippen molar-refractivity contribution in [3.05, 3.63) is 12.4 Å². The molecule has 1 N–H and O–H groups in total. The van der Waals surface area contributed by atoms with E-state index in [1.165, 1.54) is 13.4 Å². The third-order valence-corrected chi connectivity index (χ3v) is 4.76. The van der Waals surface area contributed by atoms with Crippen LogP contribution in [0.4, 0.5) is 5.82 Å². The van der Waals surface area contributed by atoms with Crippen molar-refractivity contribution in [2.45, 2.75) is 25.8 Å². The van der Waals surface area contributed by atoms with E-state index in [1.807, 2.05) is 11.8 Å². The van der Waals surface area contributed by atoms with Crippen LogP contribution in [-0.4, -0.2) is 50.4 Å². The molecule has 0 aromatic carbocycles. The molecule has 2 rings (SSSR count). The van der Waals surface area contributed by atoms with E-state index in [1.54, 1.807) is 6.07 Å². The summed E-state index contributed by atoms with van der Waals surface area (Å²) in [5.41, 5.74) is 0. The van der Waals surface area contributed by atoms with Gasteiger partial charge in [0.2, 0.25) is 15.9 Å². The van der Waals surface area contributed by atoms with Gasteiger partial charge in [0.25, 0.3) is 0 Å². The molecule has 1 unspecified atom stereocenters. The second-order valence-electron chi connectivity index (χ2n) is 4.62. The lowest BCUT2D eigenvalue weighted by Crippen LogP contribution is -2.38. The molecule has 2 heterocycles. The van der Waals surface area contributed by atoms with Crippen LogP contribution < -0.4 is 14.4 Å². The molecule has 0 aliphatic carbocycles. The Balaban J connectivity index is 2.16. The van der Waals surface area contributed by atoms with Gasteiger partial charge in [0, 0.05) is 18.7 Å². The van der Waals surface area contributed by atoms with Crippen LogP contribution in [-0.2, 0) is 10.0 Å². The second-order valence-corrected chi connectivity index (χ2v) is 6.59. The summed E-state index contributed by atoms with van der Waals surface area (Å²) in [6, 6.07) is 1.70. The Hall–Kier alpha value is -1.41. The molecular formula is C12H20N4O3S. The van der Waals surface area contributed by atoms with E-state index in [0.29, 0.717) is 12.5 Å². The summed E-state index contributed by atoms with van der Waals surface area (Å²) in [4.78, 5) is 10.3. The molecule has 0 amide bonds. The van der Waals surface area contributed by atoms with Gasteiger partial charge >= 0.3 is 0 Å². The Morgan fingerprint density at radius 3 is 3.00 bits per heavy atom. The van der Waals surface area contributed by atoms with E-state index in [9.17, 15) is 8.42 Å². The lowest BCUT2D eigenvalue weighted by molar-refractivity contribution is 0.326. The molecule has 0 radical (unpaired) electrons. The second kappa shape index (κ2) is 6.36. The molecule has 1 aliphatic heterocycles. The Bertz CT molecular complexity index is 549. The van der Waals surface area contributed by atoms with Gasteiger partial charge in [-0.2, -0.15) is 0 Å². The highest BCUT2D eigenvalue weighted by atomic mass is 32.2. The molecule has 8 heteroatoms. The zero-order chi connectivity index (χ0) is 14.6. The van der Waals surface area contributed by atoms with Crippen molar-refractivity contribution in [3.63, 3.8) is 0 Å². The van der Waals surface area contributed by atoms with Crippen LogP contribution in [0, 0.1) is 0 Å². The number of nitrogens with one attached hydrogen (secondary N) is 1. The van der Waals surface area contributed by atoms with E-state index in [0.717, 1.165) is 25.2 Å². The first kappa shape index (κ1) is 15.0. The average Bonchev–Trinajstić information content (AvgIpc) is 2.87. The van der Waals surface area contributed by atoms with Crippen molar-refractivity contribution in [1.82, 2.24) is 14.7 Å². The number of anilines is 1. The van der Waals surface area contributed by atoms with Crippen molar-refractivity contribution in [3.8, 4) is 5.88 Å². The van der Waals surface area contributed by atoms with E-state index >= 15 is 0 Å². The summed E-state index contributed by atoms with van der Waals surface area (Å²) in [5, 5.41) is 0. The fraction of sp³-hybridized carbons (Fsp3) is 0.667. The minimum atomic E-state index is -3.23. The smallest absolute Gasteiger partial charge is 0.218 e. The summed E-state index contributed by atoms with van der Waals surface area (Å²) in [5.74, 6) is 1.31. The van der Waals surface area contributed by atoms with E-state index < -0.39 is 10.0 Å². The molecule has 7 nitrogen and oxygen atoms in total. The number of hydrogen-bond donors (Lipinski definition) is 1. The van der Waals surface area contributed by atoms with Crippen molar-refractivity contribution in [1.29, 1.82) is 0 Å². The highest BCUT2D eigenvalue weighted by molar-refractivity contribution is 7.89. The number of rotatable bonds is 6. The van der Waals surface area contributed by atoms with Gasteiger partial charge in [0.15, 0.2) is 0 Å². The number of ether oxygens (including phenoxy) is 1. The molecule has 1 aromatic heterocycles. The summed E-state index contributed by atoms with van der Waals surface area (Å²) in [7, 11) is -1.79. The molecule has 0 saturated carbocycles. The lowest BCUT2D eigenvalue weighted by Gasteiger charge is -2.25. The molecule has 1 aromatic rings. The van der Waals surface area contributed by atoms with E-state index in [-0.39, 0.29) is 11.8 Å². The number of nitrogens with zero attached hydrogens (tertiary/aromatic N) is 3. The lowest BCUT2D eigenvalue weighted by atomic mass is 10.2. The van der Waals surface area contributed by atoms with Crippen LogP contribution in [0.5, 0.6) is 5.88 Å². The minimum Gasteiger partial charge on any atom is -0.478 e. The molecule has 1 atom stereocenters. The van der Waals surface area contributed by atoms with Gasteiger partial charge in [-0.05, 0) is 26.8 Å². The van der Waals surface area contributed by atoms with Gasteiger partial charge in [-0.25, -0.2) is 23.1 Å². The average molecular weight is 300 g/mol. The Kier molecular flexibility index (Phi) is 4.77. The van der Waals surface area contributed by atoms with Gasteiger partial charge in [-0.3, -0.25) is 0 Å². The van der Waals surface area contributed by atoms with Crippen molar-refractivity contribution >= 4 is 15.8 Å². The van der Waals surface area contributed by atoms with Crippen molar-refractivity contribution in [2.75, 3.05) is 30.9 Å². The topological polar surface area (TPSA) is 84.4 Å². The predicted molar refractivity (Wildman–Crippen MR) is 76.4 cm³/mol. The fourth-order valence-electron chi connectivity index (χ4n) is 2.36. The number of aromatic nitrogens is 2. The van der Waals surface area contributed by atoms with E-state index in [4.69, 9.17) is 4.74 Å². The third-order valence-electron chi connectivity index (χ3n) is 3.31. The molecule has 1 aliphatic rings. The van der Waals surface area contributed by atoms with Crippen LogP contribution >= 0.6 is 0 Å². The quantitative estimate of drug-likeness (QED) is 0.818. The van der Waals surface area contributed by atoms with Crippen LogP contribution in [0.1, 0.15) is 19.8 Å². The van der Waals surface area contributed by atoms with Crippen LogP contribution in [0.15, 0.2) is 12.4 Å². The third kappa shape index (κ3) is 3.57. The molecule has 20 heavy (non-hydrogen) atoms. The molecule has 1 fully saturated rings. The normalized spacial score (nSPS) is 19.3. The van der Waals surface area contributed by atoms with Crippen LogP contribution in [0.3, 0.4) is 0 Å². The maximum atomic E-state index is 11.7. The highest BCUT2D eigenvalue weighted by Crippen LogP contribution is 2.26. The largest absolute Gasteiger partial charge is 0.478 e. The van der Waals surface area contributed by atoms with Crippen LogP contribution in [0.2, 0.25) is 0 Å². The maximum absolute atomic E-state index is 11.7. The molecular weight excluding hydrogens is 280 g/mol. The summed E-state index contributed by atoms with van der Waals surface area (Å²) in [6.45, 7) is 3.22. The molecule has 0 bridgehead atoms. The maximum Gasteiger partial charge on any atom is 0.218 e. The van der Waals surface area contributed by atoms with Gasteiger partial charge in [-0.15, -0.1) is 0 Å². The zero-order valence-corrected chi connectivity index (χ0v) is 12.6. The minimum absolute atomic E-state index is 0.0585. The molecule has 112 valence electrons. The Morgan fingerprint density at radius 2 is 2.30 bits per heavy atom. The van der Waals surface area contributed by atoms with Crippen molar-refractivity contribution in [2.24, 2.45) is 0 Å². The van der Waals surface area contributed by atoms with E-state index in [2.05, 4.69) is 14.7 Å². The summed E-state index contributed by atoms with van der Waals surface area (Å²) in [6.07, 6.45) is 3.25. The van der Waals surface area contributed by atoms with Gasteiger partial charge < -0.3 is 9.64 Å². The van der Waals surface area contributed by atoms with Gasteiger partial charge in [0.1, 0.15) is 12.1 Å². The first-order valence-corrected chi connectivity index (χ1v) is 8.33. The van der Waals surface area contributed by atoms with Gasteiger partial charge in [-0.1, -0.05) is 0 Å². The molecule has 0 spiro atoms. The highest BCUT2D eigenvalue weighted by Gasteiger charge is 2.29. The summed E-state index contributed by atoms with van der Waals surface area (Å²) >= 11 is 0. The monoisotopic (exact) mass is 300 g/mol. The summed E-state index contributed by atoms with van der Waals surface area (Å²) < 4.78 is 31.1. The number of hydrogen-bond acceptors (Lipinski definition) is 6.